The average Bonchev–Trinajstić information content (AvgIpc) is 2.18. The van der Waals surface area contributed by atoms with Crippen molar-refractivity contribution >= 4 is 13.7 Å². The van der Waals surface area contributed by atoms with Crippen molar-refractivity contribution in [2.75, 3.05) is 7.05 Å². The van der Waals surface area contributed by atoms with E-state index in [2.05, 4.69) is 9.84 Å². The molecule has 0 bridgehead atoms. The molecular weight excluding hydrogens is 233 g/mol. The Labute approximate surface area is 92.5 Å². The third-order valence-electron chi connectivity index (χ3n) is 1.79. The Morgan fingerprint density at radius 3 is 2.38 bits per heavy atom. The molecule has 0 saturated heterocycles. The third-order valence-corrected chi connectivity index (χ3v) is 2.24. The van der Waals surface area contributed by atoms with Crippen molar-refractivity contribution < 1.29 is 23.7 Å². The van der Waals surface area contributed by atoms with Crippen LogP contribution in [0, 0.1) is 0 Å². The van der Waals surface area contributed by atoms with Gasteiger partial charge in [-0.05, 0) is 17.7 Å². The third kappa shape index (κ3) is 4.44. The molecule has 0 unspecified atom stereocenters. The lowest BCUT2D eigenvalue weighted by molar-refractivity contribution is -0.119. The van der Waals surface area contributed by atoms with Crippen LogP contribution in [0.15, 0.2) is 24.3 Å². The fraction of sp³-hybridized carbons (Fsp3) is 0.222. The Balaban J connectivity index is 2.68. The zero-order chi connectivity index (χ0) is 12.2. The zero-order valence-corrected chi connectivity index (χ0v) is 9.48. The minimum atomic E-state index is -4.52. The molecule has 1 aromatic rings. The molecule has 16 heavy (non-hydrogen) atoms. The number of hydrogen-bond acceptors (Lipinski definition) is 3. The fourth-order valence-corrected chi connectivity index (χ4v) is 1.48. The first kappa shape index (κ1) is 12.7. The van der Waals surface area contributed by atoms with E-state index in [1.807, 2.05) is 0 Å². The molecule has 0 aliphatic heterocycles. The standard InChI is InChI=1S/C9H12NO5P/c1-10-9(11)6-7-2-4-8(5-3-7)15-16(12,13)14/h2-5H,6H2,1H3,(H,10,11)(H2,12,13,14). The van der Waals surface area contributed by atoms with Gasteiger partial charge in [-0.1, -0.05) is 12.1 Å². The van der Waals surface area contributed by atoms with E-state index in [0.29, 0.717) is 0 Å². The Kier molecular flexibility index (Phi) is 4.06. The van der Waals surface area contributed by atoms with E-state index in [1.165, 1.54) is 19.2 Å². The molecule has 0 saturated carbocycles. The highest BCUT2D eigenvalue weighted by Gasteiger charge is 2.15. The molecule has 0 radical (unpaired) electrons. The first-order valence-electron chi connectivity index (χ1n) is 4.45. The number of rotatable bonds is 4. The summed E-state index contributed by atoms with van der Waals surface area (Å²) >= 11 is 0. The van der Waals surface area contributed by atoms with Crippen LogP contribution in [0.4, 0.5) is 0 Å². The smallest absolute Gasteiger partial charge is 0.404 e. The maximum absolute atomic E-state index is 11.0. The van der Waals surface area contributed by atoms with Gasteiger partial charge in [-0.3, -0.25) is 14.6 Å². The molecule has 6 nitrogen and oxygen atoms in total. The van der Waals surface area contributed by atoms with Crippen molar-refractivity contribution in [3.05, 3.63) is 29.8 Å². The first-order valence-corrected chi connectivity index (χ1v) is 5.98. The van der Waals surface area contributed by atoms with Gasteiger partial charge in [0.2, 0.25) is 5.91 Å². The minimum Gasteiger partial charge on any atom is -0.404 e. The minimum absolute atomic E-state index is 0.0639. The number of hydrogen-bond donors (Lipinski definition) is 3. The number of phosphoric ester groups is 1. The highest BCUT2D eigenvalue weighted by atomic mass is 31.2. The summed E-state index contributed by atoms with van der Waals surface area (Å²) in [4.78, 5) is 28.1. The predicted molar refractivity (Wildman–Crippen MR) is 56.9 cm³/mol. The summed E-state index contributed by atoms with van der Waals surface area (Å²) in [7, 11) is -2.98. The summed E-state index contributed by atoms with van der Waals surface area (Å²) in [6, 6.07) is 5.94. The summed E-state index contributed by atoms with van der Waals surface area (Å²) < 4.78 is 14.9. The van der Waals surface area contributed by atoms with Gasteiger partial charge >= 0.3 is 7.82 Å². The van der Waals surface area contributed by atoms with Gasteiger partial charge in [0, 0.05) is 7.05 Å². The second kappa shape index (κ2) is 5.12. The van der Waals surface area contributed by atoms with Gasteiger partial charge < -0.3 is 9.84 Å². The fourth-order valence-electron chi connectivity index (χ4n) is 1.08. The van der Waals surface area contributed by atoms with Crippen LogP contribution >= 0.6 is 7.82 Å². The van der Waals surface area contributed by atoms with Crippen molar-refractivity contribution in [2.24, 2.45) is 0 Å². The lowest BCUT2D eigenvalue weighted by Gasteiger charge is -2.07. The molecule has 3 N–H and O–H groups in total. The number of nitrogens with one attached hydrogen (secondary N) is 1. The maximum Gasteiger partial charge on any atom is 0.524 e. The largest absolute Gasteiger partial charge is 0.524 e. The van der Waals surface area contributed by atoms with Crippen LogP contribution in [0.3, 0.4) is 0 Å². The topological polar surface area (TPSA) is 95.9 Å². The Morgan fingerprint density at radius 2 is 1.94 bits per heavy atom. The maximum atomic E-state index is 11.0. The summed E-state index contributed by atoms with van der Waals surface area (Å²) in [6.45, 7) is 0. The summed E-state index contributed by atoms with van der Waals surface area (Å²) in [5.74, 6) is -0.0716. The number of likely N-dealkylation sites (N-methyl/N-ethyl adjacent to an activating group) is 1. The van der Waals surface area contributed by atoms with E-state index >= 15 is 0 Å². The van der Waals surface area contributed by atoms with Crippen LogP contribution in [0.2, 0.25) is 0 Å². The number of carbonyl (C=O) groups is 1. The van der Waals surface area contributed by atoms with Crippen LogP contribution in [0.25, 0.3) is 0 Å². The normalized spacial score (nSPS) is 10.9. The monoisotopic (exact) mass is 245 g/mol. The van der Waals surface area contributed by atoms with Crippen molar-refractivity contribution in [1.82, 2.24) is 5.32 Å². The van der Waals surface area contributed by atoms with Crippen LogP contribution in [0.5, 0.6) is 5.75 Å². The highest BCUT2D eigenvalue weighted by Crippen LogP contribution is 2.37. The van der Waals surface area contributed by atoms with E-state index < -0.39 is 7.82 Å². The molecule has 1 amide bonds. The van der Waals surface area contributed by atoms with Crippen LogP contribution < -0.4 is 9.84 Å². The molecule has 1 rings (SSSR count). The number of phosphoric acid groups is 1. The Hall–Kier alpha value is -1.36. The molecule has 0 heterocycles. The van der Waals surface area contributed by atoms with Crippen molar-refractivity contribution in [3.63, 3.8) is 0 Å². The average molecular weight is 245 g/mol. The van der Waals surface area contributed by atoms with Gasteiger partial charge in [-0.25, -0.2) is 4.57 Å². The molecule has 0 fully saturated rings. The second-order valence-corrected chi connectivity index (χ2v) is 4.24. The van der Waals surface area contributed by atoms with Crippen molar-refractivity contribution in [2.45, 2.75) is 6.42 Å². The van der Waals surface area contributed by atoms with Gasteiger partial charge in [0.1, 0.15) is 5.75 Å². The Bertz CT molecular complexity index is 410. The molecular formula is C9H12NO5P. The molecule has 0 aliphatic carbocycles. The molecule has 7 heteroatoms. The van der Waals surface area contributed by atoms with E-state index in [4.69, 9.17) is 9.79 Å². The summed E-state index contributed by atoms with van der Waals surface area (Å²) in [5, 5.41) is 2.47. The number of carbonyl (C=O) groups excluding carboxylic acids is 1. The molecule has 0 aliphatic rings. The lowest BCUT2D eigenvalue weighted by Crippen LogP contribution is -2.19. The van der Waals surface area contributed by atoms with E-state index in [9.17, 15) is 9.36 Å². The summed E-state index contributed by atoms with van der Waals surface area (Å²) in [5.41, 5.74) is 0.734. The van der Waals surface area contributed by atoms with Crippen LogP contribution in [-0.4, -0.2) is 22.7 Å². The van der Waals surface area contributed by atoms with Crippen LogP contribution in [0.1, 0.15) is 5.56 Å². The summed E-state index contributed by atoms with van der Waals surface area (Å²) in [6.07, 6.45) is 0.215. The van der Waals surface area contributed by atoms with Gasteiger partial charge in [0.05, 0.1) is 6.42 Å². The van der Waals surface area contributed by atoms with Gasteiger partial charge in [0.15, 0.2) is 0 Å². The predicted octanol–water partition coefficient (Wildman–Crippen LogP) is 0.447. The van der Waals surface area contributed by atoms with Gasteiger partial charge in [-0.15, -0.1) is 0 Å². The second-order valence-electron chi connectivity index (χ2n) is 3.08. The van der Waals surface area contributed by atoms with Gasteiger partial charge in [-0.2, -0.15) is 0 Å². The van der Waals surface area contributed by atoms with Crippen LogP contribution in [-0.2, 0) is 15.8 Å². The highest BCUT2D eigenvalue weighted by molar-refractivity contribution is 7.46. The number of benzene rings is 1. The Morgan fingerprint density at radius 1 is 1.38 bits per heavy atom. The molecule has 0 atom stereocenters. The first-order chi connectivity index (χ1) is 7.40. The van der Waals surface area contributed by atoms with E-state index in [0.717, 1.165) is 5.56 Å². The van der Waals surface area contributed by atoms with E-state index in [-0.39, 0.29) is 18.1 Å². The zero-order valence-electron chi connectivity index (χ0n) is 8.58. The lowest BCUT2D eigenvalue weighted by atomic mass is 10.1. The molecule has 0 spiro atoms. The number of amides is 1. The molecule has 0 aromatic heterocycles. The van der Waals surface area contributed by atoms with Crippen molar-refractivity contribution in [1.29, 1.82) is 0 Å². The van der Waals surface area contributed by atoms with Crippen molar-refractivity contribution in [3.8, 4) is 5.75 Å². The van der Waals surface area contributed by atoms with Gasteiger partial charge in [0.25, 0.3) is 0 Å². The quantitative estimate of drug-likeness (QED) is 0.669. The molecule has 1 aromatic carbocycles. The van der Waals surface area contributed by atoms with E-state index in [1.54, 1.807) is 12.1 Å². The molecule has 88 valence electrons. The SMILES string of the molecule is CNC(=O)Cc1ccc(OP(=O)(O)O)cc1.